The summed E-state index contributed by atoms with van der Waals surface area (Å²) in [6, 6.07) is 6.68. The molecule has 0 saturated heterocycles. The van der Waals surface area contributed by atoms with E-state index in [4.69, 9.17) is 0 Å². The van der Waals surface area contributed by atoms with E-state index in [1.165, 1.54) is 25.3 Å². The van der Waals surface area contributed by atoms with Crippen LogP contribution in [-0.4, -0.2) is 12.4 Å². The normalized spacial score (nSPS) is 23.6. The van der Waals surface area contributed by atoms with Crippen LogP contribution in [0.25, 0.3) is 0 Å². The summed E-state index contributed by atoms with van der Waals surface area (Å²) in [7, 11) is 0. The molecular weight excluding hydrogens is 267 g/mol. The van der Waals surface area contributed by atoms with Crippen LogP contribution in [0.2, 0.25) is 0 Å². The zero-order chi connectivity index (χ0) is 14.6. The largest absolute Gasteiger partial charge is 0.573 e. The third kappa shape index (κ3) is 4.40. The van der Waals surface area contributed by atoms with Crippen molar-refractivity contribution >= 4 is 0 Å². The predicted octanol–water partition coefficient (Wildman–Crippen LogP) is 4.25. The lowest BCUT2D eigenvalue weighted by atomic mass is 9.86. The van der Waals surface area contributed by atoms with Crippen molar-refractivity contribution in [2.24, 2.45) is 5.92 Å². The maximum absolute atomic E-state index is 12.3. The highest BCUT2D eigenvalue weighted by atomic mass is 19.4. The Morgan fingerprint density at radius 3 is 2.60 bits per heavy atom. The van der Waals surface area contributed by atoms with Crippen molar-refractivity contribution in [2.75, 3.05) is 0 Å². The number of hydrogen-bond donors (Lipinski definition) is 1. The molecule has 20 heavy (non-hydrogen) atoms. The molecule has 2 rings (SSSR count). The number of alkyl halides is 3. The minimum absolute atomic E-state index is 0.115. The topological polar surface area (TPSA) is 21.3 Å². The molecule has 1 aliphatic carbocycles. The summed E-state index contributed by atoms with van der Waals surface area (Å²) in [5, 5.41) is 3.37. The van der Waals surface area contributed by atoms with Crippen LogP contribution in [0, 0.1) is 5.92 Å². The van der Waals surface area contributed by atoms with Crippen molar-refractivity contribution in [3.8, 4) is 5.75 Å². The van der Waals surface area contributed by atoms with E-state index in [0.717, 1.165) is 6.42 Å². The van der Waals surface area contributed by atoms with Gasteiger partial charge in [0, 0.05) is 18.2 Å². The molecule has 0 bridgehead atoms. The summed E-state index contributed by atoms with van der Waals surface area (Å²) in [5.41, 5.74) is 0.544. The first-order valence-electron chi connectivity index (χ1n) is 7.03. The Hall–Kier alpha value is -1.23. The summed E-state index contributed by atoms with van der Waals surface area (Å²) >= 11 is 0. The molecule has 112 valence electrons. The highest BCUT2D eigenvalue weighted by molar-refractivity contribution is 5.33. The standard InChI is InChI=1S/C15H20F3NO/c1-11-6-2-4-8-13(11)19-10-12-7-3-5-9-14(12)20-15(16,17)18/h3,5,7,9,11,13,19H,2,4,6,8,10H2,1H3. The molecule has 0 radical (unpaired) electrons. The summed E-state index contributed by atoms with van der Waals surface area (Å²) in [4.78, 5) is 0. The first-order chi connectivity index (χ1) is 9.46. The lowest BCUT2D eigenvalue weighted by Crippen LogP contribution is -2.36. The van der Waals surface area contributed by atoms with Gasteiger partial charge in [0.05, 0.1) is 0 Å². The zero-order valence-electron chi connectivity index (χ0n) is 11.5. The highest BCUT2D eigenvalue weighted by Crippen LogP contribution is 2.28. The van der Waals surface area contributed by atoms with E-state index in [1.807, 2.05) is 0 Å². The Balaban J connectivity index is 1.98. The lowest BCUT2D eigenvalue weighted by Gasteiger charge is -2.30. The molecule has 2 atom stereocenters. The monoisotopic (exact) mass is 287 g/mol. The van der Waals surface area contributed by atoms with Crippen molar-refractivity contribution in [2.45, 2.75) is 51.6 Å². The van der Waals surface area contributed by atoms with E-state index < -0.39 is 6.36 Å². The molecule has 0 heterocycles. The minimum atomic E-state index is -4.64. The van der Waals surface area contributed by atoms with Gasteiger partial charge in [-0.15, -0.1) is 13.2 Å². The van der Waals surface area contributed by atoms with E-state index in [9.17, 15) is 13.2 Å². The maximum Gasteiger partial charge on any atom is 0.573 e. The molecule has 1 saturated carbocycles. The Labute approximate surface area is 117 Å². The number of hydrogen-bond acceptors (Lipinski definition) is 2. The van der Waals surface area contributed by atoms with Gasteiger partial charge in [-0.3, -0.25) is 0 Å². The quantitative estimate of drug-likeness (QED) is 0.893. The molecule has 0 spiro atoms. The van der Waals surface area contributed by atoms with E-state index >= 15 is 0 Å². The molecule has 1 N–H and O–H groups in total. The van der Waals surface area contributed by atoms with Gasteiger partial charge in [0.15, 0.2) is 0 Å². The van der Waals surface area contributed by atoms with Crippen molar-refractivity contribution in [1.82, 2.24) is 5.32 Å². The lowest BCUT2D eigenvalue weighted by molar-refractivity contribution is -0.274. The van der Waals surface area contributed by atoms with Crippen molar-refractivity contribution in [3.05, 3.63) is 29.8 Å². The van der Waals surface area contributed by atoms with Crippen molar-refractivity contribution < 1.29 is 17.9 Å². The van der Waals surface area contributed by atoms with Crippen LogP contribution < -0.4 is 10.1 Å². The molecule has 0 amide bonds. The number of benzene rings is 1. The zero-order valence-corrected chi connectivity index (χ0v) is 11.5. The summed E-state index contributed by atoms with van der Waals surface area (Å²) in [6.45, 7) is 2.59. The van der Waals surface area contributed by atoms with Crippen LogP contribution >= 0.6 is 0 Å². The third-order valence-electron chi connectivity index (χ3n) is 3.86. The van der Waals surface area contributed by atoms with E-state index in [2.05, 4.69) is 17.0 Å². The molecule has 1 aromatic carbocycles. The first-order valence-corrected chi connectivity index (χ1v) is 7.03. The fourth-order valence-electron chi connectivity index (χ4n) is 2.73. The molecule has 0 aliphatic heterocycles. The van der Waals surface area contributed by atoms with Gasteiger partial charge in [-0.05, 0) is 24.8 Å². The Morgan fingerprint density at radius 2 is 1.90 bits per heavy atom. The molecule has 2 nitrogen and oxygen atoms in total. The molecule has 5 heteroatoms. The summed E-state index contributed by atoms with van der Waals surface area (Å²) in [5.74, 6) is 0.454. The van der Waals surface area contributed by atoms with Crippen LogP contribution in [-0.2, 0) is 6.54 Å². The van der Waals surface area contributed by atoms with Gasteiger partial charge >= 0.3 is 6.36 Å². The van der Waals surface area contributed by atoms with Crippen LogP contribution in [0.4, 0.5) is 13.2 Å². The number of para-hydroxylation sites is 1. The second kappa shape index (κ2) is 6.48. The van der Waals surface area contributed by atoms with Crippen molar-refractivity contribution in [3.63, 3.8) is 0 Å². The highest BCUT2D eigenvalue weighted by Gasteiger charge is 2.32. The molecule has 0 aromatic heterocycles. The predicted molar refractivity (Wildman–Crippen MR) is 71.4 cm³/mol. The Morgan fingerprint density at radius 1 is 1.20 bits per heavy atom. The molecule has 1 fully saturated rings. The minimum Gasteiger partial charge on any atom is -0.405 e. The van der Waals surface area contributed by atoms with Gasteiger partial charge in [-0.2, -0.15) is 0 Å². The van der Waals surface area contributed by atoms with E-state index in [-0.39, 0.29) is 5.75 Å². The molecule has 2 unspecified atom stereocenters. The Kier molecular flexibility index (Phi) is 4.91. The van der Waals surface area contributed by atoms with E-state index in [0.29, 0.717) is 24.1 Å². The number of halogens is 3. The van der Waals surface area contributed by atoms with Gasteiger partial charge in [0.2, 0.25) is 0 Å². The van der Waals surface area contributed by atoms with Gasteiger partial charge in [-0.25, -0.2) is 0 Å². The van der Waals surface area contributed by atoms with Crippen LogP contribution in [0.1, 0.15) is 38.2 Å². The fraction of sp³-hybridized carbons (Fsp3) is 0.600. The molecular formula is C15H20F3NO. The van der Waals surface area contributed by atoms with Gasteiger partial charge in [0.1, 0.15) is 5.75 Å². The second-order valence-corrected chi connectivity index (χ2v) is 5.40. The van der Waals surface area contributed by atoms with Crippen LogP contribution in [0.15, 0.2) is 24.3 Å². The van der Waals surface area contributed by atoms with E-state index in [1.54, 1.807) is 18.2 Å². The second-order valence-electron chi connectivity index (χ2n) is 5.40. The molecule has 1 aromatic rings. The average Bonchev–Trinajstić information content (AvgIpc) is 2.37. The molecule has 1 aliphatic rings. The number of ether oxygens (including phenoxy) is 1. The van der Waals surface area contributed by atoms with Gasteiger partial charge < -0.3 is 10.1 Å². The maximum atomic E-state index is 12.3. The average molecular weight is 287 g/mol. The smallest absolute Gasteiger partial charge is 0.405 e. The number of rotatable bonds is 4. The van der Waals surface area contributed by atoms with Gasteiger partial charge in [-0.1, -0.05) is 38.0 Å². The van der Waals surface area contributed by atoms with Crippen molar-refractivity contribution in [1.29, 1.82) is 0 Å². The fourth-order valence-corrected chi connectivity index (χ4v) is 2.73. The number of nitrogens with one attached hydrogen (secondary N) is 1. The third-order valence-corrected chi connectivity index (χ3v) is 3.86. The van der Waals surface area contributed by atoms with Crippen LogP contribution in [0.3, 0.4) is 0 Å². The SMILES string of the molecule is CC1CCCCC1NCc1ccccc1OC(F)(F)F. The Bertz CT molecular complexity index is 433. The van der Waals surface area contributed by atoms with Crippen LogP contribution in [0.5, 0.6) is 5.75 Å². The van der Waals surface area contributed by atoms with Gasteiger partial charge in [0.25, 0.3) is 0 Å². The first kappa shape index (κ1) is 15.2. The summed E-state index contributed by atoms with van der Waals surface area (Å²) in [6.07, 6.45) is 0.0475. The summed E-state index contributed by atoms with van der Waals surface area (Å²) < 4.78 is 41.1.